The van der Waals surface area contributed by atoms with Gasteiger partial charge in [0.05, 0.1) is 6.42 Å². The van der Waals surface area contributed by atoms with Gasteiger partial charge in [-0.3, -0.25) is 4.79 Å². The van der Waals surface area contributed by atoms with Gasteiger partial charge in [-0.25, -0.2) is 4.39 Å². The van der Waals surface area contributed by atoms with Crippen molar-refractivity contribution in [1.29, 1.82) is 0 Å². The third-order valence-corrected chi connectivity index (χ3v) is 3.21. The summed E-state index contributed by atoms with van der Waals surface area (Å²) in [6, 6.07) is 7.09. The number of carbonyl (C=O) groups is 1. The van der Waals surface area contributed by atoms with Crippen LogP contribution in [0.15, 0.2) is 24.3 Å². The molecule has 0 saturated heterocycles. The van der Waals surface area contributed by atoms with Crippen molar-refractivity contribution >= 4 is 11.7 Å². The van der Waals surface area contributed by atoms with Crippen molar-refractivity contribution in [3.05, 3.63) is 29.8 Å². The van der Waals surface area contributed by atoms with Gasteiger partial charge in [0, 0.05) is 11.1 Å². The molecule has 4 heteroatoms. The van der Waals surface area contributed by atoms with Crippen LogP contribution in [0.2, 0.25) is 0 Å². The first-order valence-electron chi connectivity index (χ1n) is 5.24. The highest BCUT2D eigenvalue weighted by Gasteiger charge is 2.47. The zero-order valence-corrected chi connectivity index (χ0v) is 8.82. The molecular weight excluding hydrogens is 209 g/mol. The number of halogens is 1. The molecule has 0 unspecified atom stereocenters. The Morgan fingerprint density at radius 3 is 2.75 bits per heavy atom. The highest BCUT2D eigenvalue weighted by atomic mass is 19.1. The molecule has 86 valence electrons. The number of nitrogens with two attached hydrogens (primary N) is 1. The van der Waals surface area contributed by atoms with Gasteiger partial charge in [-0.2, -0.15) is 0 Å². The molecule has 0 radical (unpaired) electrons. The Morgan fingerprint density at radius 2 is 2.25 bits per heavy atom. The summed E-state index contributed by atoms with van der Waals surface area (Å²) in [7, 11) is 0. The molecular formula is C12H14FNO2. The van der Waals surface area contributed by atoms with E-state index >= 15 is 0 Å². The first kappa shape index (κ1) is 10.9. The van der Waals surface area contributed by atoms with E-state index in [0.717, 1.165) is 5.56 Å². The van der Waals surface area contributed by atoms with Crippen molar-refractivity contribution < 1.29 is 14.3 Å². The van der Waals surface area contributed by atoms with E-state index in [2.05, 4.69) is 0 Å². The summed E-state index contributed by atoms with van der Waals surface area (Å²) in [6.07, 6.45) is -0.358. The number of hydrogen-bond donors (Lipinski definition) is 2. The van der Waals surface area contributed by atoms with Gasteiger partial charge < -0.3 is 10.8 Å². The molecule has 0 heterocycles. The second-order valence-corrected chi connectivity index (χ2v) is 4.48. The predicted octanol–water partition coefficient (Wildman–Crippen LogP) is 2.11. The van der Waals surface area contributed by atoms with Crippen molar-refractivity contribution in [1.82, 2.24) is 0 Å². The molecule has 0 aliphatic heterocycles. The van der Waals surface area contributed by atoms with Crippen LogP contribution in [0.4, 0.5) is 10.1 Å². The van der Waals surface area contributed by atoms with Gasteiger partial charge >= 0.3 is 5.97 Å². The maximum absolute atomic E-state index is 13.0. The fourth-order valence-electron chi connectivity index (χ4n) is 2.43. The third kappa shape index (κ3) is 1.87. The number of carboxylic acids is 1. The van der Waals surface area contributed by atoms with Gasteiger partial charge in [-0.05, 0) is 30.5 Å². The van der Waals surface area contributed by atoms with Gasteiger partial charge in [-0.15, -0.1) is 0 Å². The standard InChI is InChI=1S/C12H14FNO2/c13-9-5-12(6-9,7-11(15)16)8-2-1-3-10(14)4-8/h1-4,9H,5-7,14H2,(H,15,16). The molecule has 0 amide bonds. The minimum Gasteiger partial charge on any atom is -0.481 e. The van der Waals surface area contributed by atoms with E-state index in [-0.39, 0.29) is 19.3 Å². The van der Waals surface area contributed by atoms with Crippen molar-refractivity contribution in [2.75, 3.05) is 5.73 Å². The molecule has 1 aromatic rings. The number of hydrogen-bond acceptors (Lipinski definition) is 2. The first-order valence-corrected chi connectivity index (χ1v) is 5.24. The summed E-state index contributed by atoms with van der Waals surface area (Å²) in [5, 5.41) is 8.88. The molecule has 3 N–H and O–H groups in total. The summed E-state index contributed by atoms with van der Waals surface area (Å²) in [5.74, 6) is -0.894. The average molecular weight is 223 g/mol. The highest BCUT2D eigenvalue weighted by Crippen LogP contribution is 2.48. The van der Waals surface area contributed by atoms with Crippen molar-refractivity contribution in [2.45, 2.75) is 30.8 Å². The second-order valence-electron chi connectivity index (χ2n) is 4.48. The second kappa shape index (κ2) is 3.77. The molecule has 3 nitrogen and oxygen atoms in total. The highest BCUT2D eigenvalue weighted by molar-refractivity contribution is 5.69. The SMILES string of the molecule is Nc1cccc(C2(CC(=O)O)CC(F)C2)c1. The number of rotatable bonds is 3. The number of nitrogen functional groups attached to an aromatic ring is 1. The Hall–Kier alpha value is -1.58. The van der Waals surface area contributed by atoms with Crippen LogP contribution in [0.3, 0.4) is 0 Å². The van der Waals surface area contributed by atoms with Crippen LogP contribution in [0, 0.1) is 0 Å². The van der Waals surface area contributed by atoms with Gasteiger partial charge in [-0.1, -0.05) is 12.1 Å². The summed E-state index contributed by atoms with van der Waals surface area (Å²) in [4.78, 5) is 10.8. The third-order valence-electron chi connectivity index (χ3n) is 3.21. The molecule has 1 aromatic carbocycles. The van der Waals surface area contributed by atoms with Gasteiger partial charge in [0.1, 0.15) is 6.17 Å². The number of alkyl halides is 1. The molecule has 1 aliphatic carbocycles. The van der Waals surface area contributed by atoms with Crippen LogP contribution in [0.1, 0.15) is 24.8 Å². The summed E-state index contributed by atoms with van der Waals surface area (Å²) in [5.41, 5.74) is 6.53. The van der Waals surface area contributed by atoms with Crippen molar-refractivity contribution in [3.63, 3.8) is 0 Å². The summed E-state index contributed by atoms with van der Waals surface area (Å²) >= 11 is 0. The maximum Gasteiger partial charge on any atom is 0.304 e. The molecule has 1 fully saturated rings. The molecule has 1 saturated carbocycles. The molecule has 1 aliphatic rings. The lowest BCUT2D eigenvalue weighted by Gasteiger charge is -2.44. The van der Waals surface area contributed by atoms with Gasteiger partial charge in [0.25, 0.3) is 0 Å². The molecule has 16 heavy (non-hydrogen) atoms. The van der Waals surface area contributed by atoms with Crippen LogP contribution in [-0.2, 0) is 10.2 Å². The number of benzene rings is 1. The Labute approximate surface area is 93.1 Å². The first-order chi connectivity index (χ1) is 7.52. The molecule has 2 rings (SSSR count). The van der Waals surface area contributed by atoms with Crippen molar-refractivity contribution in [2.24, 2.45) is 0 Å². The summed E-state index contributed by atoms with van der Waals surface area (Å²) in [6.45, 7) is 0. The summed E-state index contributed by atoms with van der Waals surface area (Å²) < 4.78 is 13.0. The molecule has 0 bridgehead atoms. The zero-order valence-electron chi connectivity index (χ0n) is 8.82. The lowest BCUT2D eigenvalue weighted by Crippen LogP contribution is -2.44. The minimum atomic E-state index is -0.894. The van der Waals surface area contributed by atoms with Gasteiger partial charge in [0.2, 0.25) is 0 Å². The lowest BCUT2D eigenvalue weighted by atomic mass is 9.61. The van der Waals surface area contributed by atoms with Crippen LogP contribution in [0.5, 0.6) is 0 Å². The van der Waals surface area contributed by atoms with Crippen LogP contribution < -0.4 is 5.73 Å². The quantitative estimate of drug-likeness (QED) is 0.771. The maximum atomic E-state index is 13.0. The number of carboxylic acid groups (broad SMARTS) is 1. The van der Waals surface area contributed by atoms with Crippen molar-refractivity contribution in [3.8, 4) is 0 Å². The molecule has 0 aromatic heterocycles. The van der Waals surface area contributed by atoms with E-state index in [4.69, 9.17) is 10.8 Å². The normalized spacial score (nSPS) is 28.4. The fraction of sp³-hybridized carbons (Fsp3) is 0.417. The smallest absolute Gasteiger partial charge is 0.304 e. The minimum absolute atomic E-state index is 0.0309. The molecule has 0 spiro atoms. The van der Waals surface area contributed by atoms with E-state index in [9.17, 15) is 9.18 Å². The Bertz CT molecular complexity index is 413. The van der Waals surface area contributed by atoms with E-state index in [1.54, 1.807) is 18.2 Å². The van der Waals surface area contributed by atoms with E-state index in [1.807, 2.05) is 6.07 Å². The Kier molecular flexibility index (Phi) is 2.58. The van der Waals surface area contributed by atoms with E-state index in [0.29, 0.717) is 5.69 Å². The fourth-order valence-corrected chi connectivity index (χ4v) is 2.43. The van der Waals surface area contributed by atoms with Gasteiger partial charge in [0.15, 0.2) is 0 Å². The zero-order chi connectivity index (χ0) is 11.8. The lowest BCUT2D eigenvalue weighted by molar-refractivity contribution is -0.140. The Morgan fingerprint density at radius 1 is 1.56 bits per heavy atom. The topological polar surface area (TPSA) is 63.3 Å². The number of anilines is 1. The monoisotopic (exact) mass is 223 g/mol. The van der Waals surface area contributed by atoms with E-state index < -0.39 is 17.6 Å². The number of aliphatic carboxylic acids is 1. The van der Waals surface area contributed by atoms with Crippen LogP contribution in [0.25, 0.3) is 0 Å². The van der Waals surface area contributed by atoms with E-state index in [1.165, 1.54) is 0 Å². The largest absolute Gasteiger partial charge is 0.481 e. The van der Waals surface area contributed by atoms with Crippen LogP contribution in [-0.4, -0.2) is 17.2 Å². The average Bonchev–Trinajstić information content (AvgIpc) is 2.14. The molecule has 0 atom stereocenters. The Balaban J connectivity index is 2.29. The van der Waals surface area contributed by atoms with Crippen LogP contribution >= 0.6 is 0 Å². The predicted molar refractivity (Wildman–Crippen MR) is 58.9 cm³/mol.